The number of imidazole rings is 1. The molecule has 2 N–H and O–H groups in total. The molecule has 1 heterocycles. The molecule has 0 spiro atoms. The molecule has 0 aliphatic rings. The molecule has 0 bridgehead atoms. The lowest BCUT2D eigenvalue weighted by Gasteiger charge is -2.08. The van der Waals surface area contributed by atoms with Crippen LogP contribution >= 0.6 is 0 Å². The summed E-state index contributed by atoms with van der Waals surface area (Å²) in [6.07, 6.45) is 2.97. The maximum atomic E-state index is 12.0. The Morgan fingerprint density at radius 3 is 2.86 bits per heavy atom. The number of carbonyl (C=O) groups is 1. The lowest BCUT2D eigenvalue weighted by molar-refractivity contribution is -0.121. The predicted molar refractivity (Wildman–Crippen MR) is 83.0 cm³/mol. The Morgan fingerprint density at radius 1 is 1.38 bits per heavy atom. The average Bonchev–Trinajstić information content (AvgIpc) is 2.84. The van der Waals surface area contributed by atoms with E-state index in [1.807, 2.05) is 18.2 Å². The third-order valence-electron chi connectivity index (χ3n) is 3.60. The maximum absolute atomic E-state index is 12.0. The van der Waals surface area contributed by atoms with E-state index in [1.165, 1.54) is 5.56 Å². The van der Waals surface area contributed by atoms with Crippen molar-refractivity contribution in [1.29, 1.82) is 0 Å². The number of aliphatic hydroxyl groups is 1. The first-order valence-electron chi connectivity index (χ1n) is 7.55. The number of aliphatic hydroxyl groups excluding tert-OH is 1. The summed E-state index contributed by atoms with van der Waals surface area (Å²) in [6, 6.07) is 6.02. The van der Waals surface area contributed by atoms with Crippen molar-refractivity contribution in [3.63, 3.8) is 0 Å². The van der Waals surface area contributed by atoms with Crippen LogP contribution < -0.4 is 5.32 Å². The number of nitrogens with zero attached hydrogens (tertiary/aromatic N) is 2. The third kappa shape index (κ3) is 3.61. The van der Waals surface area contributed by atoms with E-state index in [-0.39, 0.29) is 19.1 Å². The molecule has 114 valence electrons. The summed E-state index contributed by atoms with van der Waals surface area (Å²) in [5.41, 5.74) is 2.92. The first-order chi connectivity index (χ1) is 10.2. The minimum absolute atomic E-state index is 0.0444. The molecule has 2 aromatic rings. The van der Waals surface area contributed by atoms with Gasteiger partial charge < -0.3 is 15.0 Å². The Labute approximate surface area is 125 Å². The molecular weight excluding hydrogens is 266 g/mol. The number of nitrogens with one attached hydrogen (secondary N) is 1. The minimum Gasteiger partial charge on any atom is -0.388 e. The Hall–Kier alpha value is -1.88. The maximum Gasteiger partial charge on any atom is 0.240 e. The quantitative estimate of drug-likeness (QED) is 0.766. The number of fused-ring (bicyclic) bond motifs is 1. The molecule has 0 saturated heterocycles. The zero-order valence-electron chi connectivity index (χ0n) is 12.7. The van der Waals surface area contributed by atoms with Gasteiger partial charge in [0.25, 0.3) is 0 Å². The van der Waals surface area contributed by atoms with Crippen LogP contribution in [0.15, 0.2) is 18.2 Å². The number of carbonyl (C=O) groups excluding carboxylic acids is 1. The molecule has 21 heavy (non-hydrogen) atoms. The van der Waals surface area contributed by atoms with Crippen LogP contribution in [0.1, 0.15) is 38.1 Å². The number of hydrogen-bond acceptors (Lipinski definition) is 3. The van der Waals surface area contributed by atoms with Gasteiger partial charge in [-0.3, -0.25) is 4.79 Å². The van der Waals surface area contributed by atoms with Gasteiger partial charge in [0.2, 0.25) is 5.91 Å². The van der Waals surface area contributed by atoms with Gasteiger partial charge in [0.05, 0.1) is 11.0 Å². The van der Waals surface area contributed by atoms with Crippen LogP contribution in [0.25, 0.3) is 11.0 Å². The molecule has 0 fully saturated rings. The topological polar surface area (TPSA) is 67.2 Å². The zero-order chi connectivity index (χ0) is 15.2. The largest absolute Gasteiger partial charge is 0.388 e. The highest BCUT2D eigenvalue weighted by Crippen LogP contribution is 2.18. The van der Waals surface area contributed by atoms with Crippen molar-refractivity contribution in [3.8, 4) is 0 Å². The fourth-order valence-electron chi connectivity index (χ4n) is 2.35. The fraction of sp³-hybridized carbons (Fsp3) is 0.500. The van der Waals surface area contributed by atoms with Gasteiger partial charge in [0.15, 0.2) is 0 Å². The molecule has 0 atom stereocenters. The molecule has 0 aliphatic carbocycles. The number of unbranched alkanes of at least 4 members (excludes halogenated alkanes) is 1. The van der Waals surface area contributed by atoms with Crippen LogP contribution in [0.3, 0.4) is 0 Å². The van der Waals surface area contributed by atoms with Gasteiger partial charge in [-0.25, -0.2) is 4.98 Å². The summed E-state index contributed by atoms with van der Waals surface area (Å²) >= 11 is 0. The Balaban J connectivity index is 2.23. The molecule has 1 amide bonds. The van der Waals surface area contributed by atoms with Crippen molar-refractivity contribution in [2.75, 3.05) is 6.54 Å². The second kappa shape index (κ2) is 7.22. The van der Waals surface area contributed by atoms with Crippen LogP contribution in [-0.4, -0.2) is 27.1 Å². The van der Waals surface area contributed by atoms with E-state index in [4.69, 9.17) is 0 Å². The van der Waals surface area contributed by atoms with Gasteiger partial charge >= 0.3 is 0 Å². The summed E-state index contributed by atoms with van der Waals surface area (Å²) in [7, 11) is 0. The molecule has 5 nitrogen and oxygen atoms in total. The van der Waals surface area contributed by atoms with E-state index in [9.17, 15) is 9.90 Å². The van der Waals surface area contributed by atoms with Crippen molar-refractivity contribution >= 4 is 16.9 Å². The normalized spacial score (nSPS) is 11.0. The van der Waals surface area contributed by atoms with Crippen molar-refractivity contribution in [2.45, 2.75) is 46.3 Å². The van der Waals surface area contributed by atoms with Crippen molar-refractivity contribution < 1.29 is 9.90 Å². The minimum atomic E-state index is -0.168. The van der Waals surface area contributed by atoms with E-state index in [2.05, 4.69) is 24.1 Å². The Bertz CT molecular complexity index is 619. The second-order valence-corrected chi connectivity index (χ2v) is 5.15. The van der Waals surface area contributed by atoms with Gasteiger partial charge in [-0.05, 0) is 30.5 Å². The smallest absolute Gasteiger partial charge is 0.240 e. The summed E-state index contributed by atoms with van der Waals surface area (Å²) in [6.45, 7) is 4.90. The van der Waals surface area contributed by atoms with E-state index >= 15 is 0 Å². The Kier molecular flexibility index (Phi) is 5.33. The molecule has 1 aromatic carbocycles. The molecule has 0 unspecified atom stereocenters. The van der Waals surface area contributed by atoms with Crippen molar-refractivity contribution in [3.05, 3.63) is 29.6 Å². The fourth-order valence-corrected chi connectivity index (χ4v) is 2.35. The zero-order valence-corrected chi connectivity index (χ0v) is 12.7. The molecule has 1 aromatic heterocycles. The third-order valence-corrected chi connectivity index (χ3v) is 3.60. The number of amides is 1. The number of rotatable bonds is 7. The molecule has 0 saturated carbocycles. The molecule has 2 rings (SSSR count). The monoisotopic (exact) mass is 289 g/mol. The van der Waals surface area contributed by atoms with Gasteiger partial charge in [-0.15, -0.1) is 0 Å². The molecular formula is C16H23N3O2. The van der Waals surface area contributed by atoms with Crippen molar-refractivity contribution in [2.24, 2.45) is 0 Å². The van der Waals surface area contributed by atoms with Crippen LogP contribution in [0.5, 0.6) is 0 Å². The van der Waals surface area contributed by atoms with Crippen LogP contribution in [-0.2, 0) is 24.4 Å². The summed E-state index contributed by atoms with van der Waals surface area (Å²) < 4.78 is 1.79. The van der Waals surface area contributed by atoms with E-state index in [0.29, 0.717) is 12.4 Å². The highest BCUT2D eigenvalue weighted by Gasteiger charge is 2.13. The van der Waals surface area contributed by atoms with Crippen LogP contribution in [0, 0.1) is 0 Å². The number of hydrogen-bond donors (Lipinski definition) is 2. The van der Waals surface area contributed by atoms with Crippen molar-refractivity contribution in [1.82, 2.24) is 14.9 Å². The second-order valence-electron chi connectivity index (χ2n) is 5.15. The number of aryl methyl sites for hydroxylation is 1. The van der Waals surface area contributed by atoms with Gasteiger partial charge in [-0.1, -0.05) is 26.3 Å². The molecule has 0 radical (unpaired) electrons. The van der Waals surface area contributed by atoms with Gasteiger partial charge in [0.1, 0.15) is 19.0 Å². The summed E-state index contributed by atoms with van der Waals surface area (Å²) in [5, 5.41) is 12.3. The average molecular weight is 289 g/mol. The van der Waals surface area contributed by atoms with E-state index in [0.717, 1.165) is 30.3 Å². The summed E-state index contributed by atoms with van der Waals surface area (Å²) in [4.78, 5) is 16.4. The van der Waals surface area contributed by atoms with E-state index < -0.39 is 0 Å². The molecule has 0 aliphatic heterocycles. The standard InChI is InChI=1S/C16H23N3O2/c1-3-5-8-17-16(21)10-19-14-7-6-12(4-2)9-13(14)18-15(19)11-20/h6-7,9,20H,3-5,8,10-11H2,1-2H3,(H,17,21). The first kappa shape index (κ1) is 15.5. The Morgan fingerprint density at radius 2 is 2.19 bits per heavy atom. The van der Waals surface area contributed by atoms with Gasteiger partial charge in [0, 0.05) is 6.54 Å². The predicted octanol–water partition coefficient (Wildman–Crippen LogP) is 2.01. The van der Waals surface area contributed by atoms with E-state index in [1.54, 1.807) is 4.57 Å². The van der Waals surface area contributed by atoms with Crippen LogP contribution in [0.4, 0.5) is 0 Å². The lowest BCUT2D eigenvalue weighted by atomic mass is 10.1. The SMILES string of the molecule is CCCCNC(=O)Cn1c(CO)nc2cc(CC)ccc21. The number of benzene rings is 1. The first-order valence-corrected chi connectivity index (χ1v) is 7.55. The van der Waals surface area contributed by atoms with Gasteiger partial charge in [-0.2, -0.15) is 0 Å². The lowest BCUT2D eigenvalue weighted by Crippen LogP contribution is -2.29. The van der Waals surface area contributed by atoms with Crippen LogP contribution in [0.2, 0.25) is 0 Å². The highest BCUT2D eigenvalue weighted by molar-refractivity contribution is 5.81. The summed E-state index contributed by atoms with van der Waals surface area (Å²) in [5.74, 6) is 0.487. The molecule has 5 heteroatoms. The number of aromatic nitrogens is 2. The highest BCUT2D eigenvalue weighted by atomic mass is 16.3.